The molecule has 3 nitrogen and oxygen atoms in total. The monoisotopic (exact) mass is 309 g/mol. The number of amides is 1. The number of anilines is 1. The number of carbonyl (C=O) groups excluding carboxylic acids is 2. The van der Waals surface area contributed by atoms with Gasteiger partial charge in [-0.3, -0.25) is 9.59 Å². The van der Waals surface area contributed by atoms with E-state index < -0.39 is 24.3 Å². The number of carbonyl (C=O) groups is 2. The summed E-state index contributed by atoms with van der Waals surface area (Å²) in [4.78, 5) is 21.6. The zero-order valence-electron chi connectivity index (χ0n) is 8.34. The molecule has 0 aromatic heterocycles. The number of Topliss-reactive ketones (excluding diaryl/α,β-unsaturated/α-hetero) is 1. The fourth-order valence-corrected chi connectivity index (χ4v) is 1.25. The van der Waals surface area contributed by atoms with Crippen LogP contribution in [-0.2, 0) is 9.59 Å². The predicted octanol–water partition coefficient (Wildman–Crippen LogP) is 2.91. The molecule has 1 aromatic carbocycles. The van der Waals surface area contributed by atoms with Gasteiger partial charge >= 0.3 is 6.18 Å². The van der Waals surface area contributed by atoms with Gasteiger partial charge < -0.3 is 5.32 Å². The second-order valence-corrected chi connectivity index (χ2v) is 4.07. The molecule has 0 spiro atoms. The molecular formula is C10H7BrF3NO2. The highest BCUT2D eigenvalue weighted by molar-refractivity contribution is 9.10. The third-order valence-corrected chi connectivity index (χ3v) is 2.29. The Bertz CT molecular complexity index is 428. The number of nitrogens with one attached hydrogen (secondary N) is 1. The SMILES string of the molecule is O=C(CC(=O)C(F)(F)F)Nc1ccc(Br)cc1. The Kier molecular flexibility index (Phi) is 4.28. The molecule has 0 aliphatic heterocycles. The molecule has 0 aliphatic rings. The molecule has 0 fully saturated rings. The van der Waals surface area contributed by atoms with Gasteiger partial charge in [-0.05, 0) is 24.3 Å². The maximum atomic E-state index is 11.9. The zero-order chi connectivity index (χ0) is 13.1. The van der Waals surface area contributed by atoms with Gasteiger partial charge in [0, 0.05) is 10.2 Å². The van der Waals surface area contributed by atoms with Crippen LogP contribution >= 0.6 is 15.9 Å². The lowest BCUT2D eigenvalue weighted by Crippen LogP contribution is -2.27. The number of benzene rings is 1. The maximum Gasteiger partial charge on any atom is 0.450 e. The first-order valence-corrected chi connectivity index (χ1v) is 5.24. The number of hydrogen-bond donors (Lipinski definition) is 1. The molecule has 1 N–H and O–H groups in total. The summed E-state index contributed by atoms with van der Waals surface area (Å²) >= 11 is 3.16. The number of alkyl halides is 3. The highest BCUT2D eigenvalue weighted by Gasteiger charge is 2.39. The predicted molar refractivity (Wildman–Crippen MR) is 58.5 cm³/mol. The van der Waals surface area contributed by atoms with Crippen molar-refractivity contribution in [3.8, 4) is 0 Å². The van der Waals surface area contributed by atoms with E-state index in [0.717, 1.165) is 4.47 Å². The van der Waals surface area contributed by atoms with Crippen molar-refractivity contribution in [1.82, 2.24) is 0 Å². The van der Waals surface area contributed by atoms with Crippen molar-refractivity contribution in [3.05, 3.63) is 28.7 Å². The molecule has 17 heavy (non-hydrogen) atoms. The Morgan fingerprint density at radius 2 is 1.71 bits per heavy atom. The van der Waals surface area contributed by atoms with Crippen molar-refractivity contribution in [2.45, 2.75) is 12.6 Å². The summed E-state index contributed by atoms with van der Waals surface area (Å²) in [5.41, 5.74) is 0.327. The van der Waals surface area contributed by atoms with Gasteiger partial charge in [-0.1, -0.05) is 15.9 Å². The Hall–Kier alpha value is -1.37. The molecule has 0 unspecified atom stereocenters. The molecule has 0 bridgehead atoms. The summed E-state index contributed by atoms with van der Waals surface area (Å²) < 4.78 is 36.4. The fraction of sp³-hybridized carbons (Fsp3) is 0.200. The van der Waals surface area contributed by atoms with Crippen LogP contribution in [0.25, 0.3) is 0 Å². The molecule has 1 amide bonds. The van der Waals surface area contributed by atoms with Gasteiger partial charge in [0.15, 0.2) is 0 Å². The molecule has 0 aliphatic carbocycles. The smallest absolute Gasteiger partial charge is 0.326 e. The zero-order valence-corrected chi connectivity index (χ0v) is 9.93. The summed E-state index contributed by atoms with van der Waals surface area (Å²) in [6.07, 6.45) is -6.18. The van der Waals surface area contributed by atoms with Gasteiger partial charge in [-0.15, -0.1) is 0 Å². The summed E-state index contributed by atoms with van der Waals surface area (Å²) in [5.74, 6) is -3.05. The van der Waals surface area contributed by atoms with E-state index in [1.165, 1.54) is 12.1 Å². The van der Waals surface area contributed by atoms with Gasteiger partial charge in [-0.25, -0.2) is 0 Å². The number of ketones is 1. The minimum absolute atomic E-state index is 0.327. The number of halogens is 4. The third kappa shape index (κ3) is 4.56. The van der Waals surface area contributed by atoms with Crippen LogP contribution < -0.4 is 5.32 Å². The minimum Gasteiger partial charge on any atom is -0.326 e. The lowest BCUT2D eigenvalue weighted by atomic mass is 10.2. The molecule has 7 heteroatoms. The van der Waals surface area contributed by atoms with E-state index in [2.05, 4.69) is 21.2 Å². The largest absolute Gasteiger partial charge is 0.450 e. The van der Waals surface area contributed by atoms with E-state index in [1.807, 2.05) is 0 Å². The molecule has 0 saturated carbocycles. The first-order chi connectivity index (χ1) is 7.79. The van der Waals surface area contributed by atoms with Crippen molar-refractivity contribution < 1.29 is 22.8 Å². The first kappa shape index (κ1) is 13.7. The fourth-order valence-electron chi connectivity index (χ4n) is 0.984. The van der Waals surface area contributed by atoms with E-state index in [0.29, 0.717) is 5.69 Å². The van der Waals surface area contributed by atoms with Crippen molar-refractivity contribution >= 4 is 33.3 Å². The molecule has 0 saturated heterocycles. The molecule has 0 heterocycles. The standard InChI is InChI=1S/C10H7BrF3NO2/c11-6-1-3-7(4-2-6)15-9(17)5-8(16)10(12,13)14/h1-4H,5H2,(H,15,17). The maximum absolute atomic E-state index is 11.9. The molecule has 0 radical (unpaired) electrons. The van der Waals surface area contributed by atoms with Crippen LogP contribution in [-0.4, -0.2) is 17.9 Å². The van der Waals surface area contributed by atoms with Crippen molar-refractivity contribution in [2.75, 3.05) is 5.32 Å². The molecule has 1 rings (SSSR count). The van der Waals surface area contributed by atoms with Gasteiger partial charge in [0.2, 0.25) is 11.7 Å². The summed E-state index contributed by atoms with van der Waals surface area (Å²) in [6, 6.07) is 6.22. The summed E-state index contributed by atoms with van der Waals surface area (Å²) in [7, 11) is 0. The van der Waals surface area contributed by atoms with Crippen molar-refractivity contribution in [1.29, 1.82) is 0 Å². The molecule has 92 valence electrons. The average molecular weight is 310 g/mol. The van der Waals surface area contributed by atoms with Crippen molar-refractivity contribution in [3.63, 3.8) is 0 Å². The number of hydrogen-bond acceptors (Lipinski definition) is 2. The first-order valence-electron chi connectivity index (χ1n) is 4.44. The van der Waals surface area contributed by atoms with Gasteiger partial charge in [0.05, 0.1) is 6.42 Å². The van der Waals surface area contributed by atoms with E-state index in [-0.39, 0.29) is 0 Å². The Morgan fingerprint density at radius 3 is 2.18 bits per heavy atom. The van der Waals surface area contributed by atoms with Crippen molar-refractivity contribution in [2.24, 2.45) is 0 Å². The minimum atomic E-state index is -4.98. The number of rotatable bonds is 3. The van der Waals surface area contributed by atoms with Gasteiger partial charge in [0.1, 0.15) is 0 Å². The van der Waals surface area contributed by atoms with Gasteiger partial charge in [0.25, 0.3) is 0 Å². The van der Waals surface area contributed by atoms with Crippen LogP contribution in [0.4, 0.5) is 18.9 Å². The van der Waals surface area contributed by atoms with E-state index in [9.17, 15) is 22.8 Å². The third-order valence-electron chi connectivity index (χ3n) is 1.77. The quantitative estimate of drug-likeness (QED) is 0.873. The van der Waals surface area contributed by atoms with Crippen LogP contribution in [0.1, 0.15) is 6.42 Å². The lowest BCUT2D eigenvalue weighted by Gasteiger charge is -2.06. The summed E-state index contributed by atoms with van der Waals surface area (Å²) in [5, 5.41) is 2.19. The Balaban J connectivity index is 2.56. The second kappa shape index (κ2) is 5.31. The van der Waals surface area contributed by atoms with E-state index in [4.69, 9.17) is 0 Å². The van der Waals surface area contributed by atoms with E-state index in [1.54, 1.807) is 12.1 Å². The lowest BCUT2D eigenvalue weighted by molar-refractivity contribution is -0.171. The molecule has 1 aromatic rings. The van der Waals surface area contributed by atoms with Crippen LogP contribution in [0, 0.1) is 0 Å². The highest BCUT2D eigenvalue weighted by Crippen LogP contribution is 2.19. The van der Waals surface area contributed by atoms with Crippen LogP contribution in [0.2, 0.25) is 0 Å². The summed E-state index contributed by atoms with van der Waals surface area (Å²) in [6.45, 7) is 0. The van der Waals surface area contributed by atoms with Crippen LogP contribution in [0.5, 0.6) is 0 Å². The normalized spacial score (nSPS) is 11.1. The van der Waals surface area contributed by atoms with Gasteiger partial charge in [-0.2, -0.15) is 13.2 Å². The second-order valence-electron chi connectivity index (χ2n) is 3.15. The van der Waals surface area contributed by atoms with E-state index >= 15 is 0 Å². The highest BCUT2D eigenvalue weighted by atomic mass is 79.9. The topological polar surface area (TPSA) is 46.2 Å². The average Bonchev–Trinajstić information content (AvgIpc) is 2.20. The molecule has 0 atom stereocenters. The Morgan fingerprint density at radius 1 is 1.18 bits per heavy atom. The molecular weight excluding hydrogens is 303 g/mol. The van der Waals surface area contributed by atoms with Crippen LogP contribution in [0.15, 0.2) is 28.7 Å². The van der Waals surface area contributed by atoms with Crippen LogP contribution in [0.3, 0.4) is 0 Å². The Labute approximate surface area is 103 Å².